The Morgan fingerprint density at radius 3 is 1.04 bits per heavy atom. The van der Waals surface area contributed by atoms with Crippen LogP contribution in [0.2, 0.25) is 0 Å². The SMILES string of the molecule is C=C(C)C(=O)OCC(=O)OCC(=O)OC1(C)C2CC3CC(C2)CC1C3.C=C(C)C(=O)OCC(=O)OCC(=O)OC1(CC)C2CC3CC(C2)CC1C3.C=C(C)C(=O)OCC(=O)OCC(=O)OC1(CC)CCCCC1. The van der Waals surface area contributed by atoms with E-state index in [4.69, 9.17) is 33.2 Å². The van der Waals surface area contributed by atoms with Gasteiger partial charge >= 0.3 is 53.7 Å². The van der Waals surface area contributed by atoms with E-state index >= 15 is 0 Å². The predicted octanol–water partition coefficient (Wildman–Crippen LogP) is 7.51. The molecular weight excluding hydrogens is 949 g/mol. The number of esters is 9. The van der Waals surface area contributed by atoms with Crippen molar-refractivity contribution in [2.75, 3.05) is 39.6 Å². The molecule has 73 heavy (non-hydrogen) atoms. The molecule has 9 rings (SSSR count). The van der Waals surface area contributed by atoms with Crippen LogP contribution in [0.3, 0.4) is 0 Å². The van der Waals surface area contributed by atoms with Crippen molar-refractivity contribution in [3.63, 3.8) is 0 Å². The molecule has 0 spiro atoms. The molecule has 0 N–H and O–H groups in total. The van der Waals surface area contributed by atoms with Crippen molar-refractivity contribution in [2.24, 2.45) is 47.3 Å². The first kappa shape index (κ1) is 58.3. The first-order chi connectivity index (χ1) is 34.5. The van der Waals surface area contributed by atoms with Gasteiger partial charge in [-0.3, -0.25) is 0 Å². The van der Waals surface area contributed by atoms with E-state index in [-0.39, 0.29) is 16.7 Å². The monoisotopic (exact) mass is 1030 g/mol. The summed E-state index contributed by atoms with van der Waals surface area (Å²) in [4.78, 5) is 104. The molecule has 0 aliphatic heterocycles. The summed E-state index contributed by atoms with van der Waals surface area (Å²) in [5.41, 5.74) is -0.679. The van der Waals surface area contributed by atoms with Crippen LogP contribution < -0.4 is 0 Å². The molecule has 9 aliphatic rings. The van der Waals surface area contributed by atoms with Gasteiger partial charge in [-0.2, -0.15) is 0 Å². The first-order valence-electron chi connectivity index (χ1n) is 26.1. The molecule has 9 saturated carbocycles. The lowest BCUT2D eigenvalue weighted by Crippen LogP contribution is -2.59. The Bertz CT molecular complexity index is 2040. The quantitative estimate of drug-likeness (QED) is 0.0651. The van der Waals surface area contributed by atoms with E-state index in [2.05, 4.69) is 36.1 Å². The number of carbonyl (C=O) groups is 9. The molecule has 0 radical (unpaired) electrons. The third-order valence-corrected chi connectivity index (χ3v) is 16.3. The van der Waals surface area contributed by atoms with E-state index in [9.17, 15) is 43.2 Å². The third-order valence-electron chi connectivity index (χ3n) is 16.3. The summed E-state index contributed by atoms with van der Waals surface area (Å²) in [7, 11) is 0. The van der Waals surface area contributed by atoms with E-state index in [1.165, 1.54) is 33.6 Å². The van der Waals surface area contributed by atoms with Crippen molar-refractivity contribution in [1.82, 2.24) is 0 Å². The normalized spacial score (nSPS) is 29.2. The second kappa shape index (κ2) is 26.1. The molecule has 0 atom stereocenters. The Morgan fingerprint density at radius 1 is 0.397 bits per heavy atom. The van der Waals surface area contributed by atoms with Crippen molar-refractivity contribution in [3.05, 3.63) is 36.5 Å². The number of hydrogen-bond acceptors (Lipinski definition) is 18. The summed E-state index contributed by atoms with van der Waals surface area (Å²) in [5.74, 6) is -1.11. The van der Waals surface area contributed by atoms with Crippen LogP contribution in [0.25, 0.3) is 0 Å². The zero-order valence-corrected chi connectivity index (χ0v) is 43.9. The number of carbonyl (C=O) groups excluding carboxylic acids is 9. The molecule has 8 bridgehead atoms. The fourth-order valence-corrected chi connectivity index (χ4v) is 12.9. The minimum absolute atomic E-state index is 0.189. The molecule has 9 fully saturated rings. The van der Waals surface area contributed by atoms with Crippen molar-refractivity contribution < 1.29 is 85.8 Å². The summed E-state index contributed by atoms with van der Waals surface area (Å²) >= 11 is 0. The molecule has 0 unspecified atom stereocenters. The van der Waals surface area contributed by atoms with Gasteiger partial charge in [0.05, 0.1) is 0 Å². The van der Waals surface area contributed by atoms with Gasteiger partial charge in [0.1, 0.15) is 16.8 Å². The van der Waals surface area contributed by atoms with Gasteiger partial charge in [-0.05, 0) is 178 Å². The Kier molecular flexibility index (Phi) is 20.9. The molecular formula is C55H78O18. The summed E-state index contributed by atoms with van der Waals surface area (Å²) in [6.07, 6.45) is 18.3. The lowest BCUT2D eigenvalue weighted by Gasteiger charge is -2.60. The first-order valence-corrected chi connectivity index (χ1v) is 26.1. The molecule has 0 heterocycles. The van der Waals surface area contributed by atoms with Crippen molar-refractivity contribution in [2.45, 2.75) is 167 Å². The molecule has 0 amide bonds. The van der Waals surface area contributed by atoms with E-state index in [1.54, 1.807) is 0 Å². The molecule has 9 aliphatic carbocycles. The predicted molar refractivity (Wildman–Crippen MR) is 260 cm³/mol. The maximum atomic E-state index is 12.3. The smallest absolute Gasteiger partial charge is 0.344 e. The topological polar surface area (TPSA) is 237 Å². The summed E-state index contributed by atoms with van der Waals surface area (Å²) in [5, 5.41) is 0. The fraction of sp³-hybridized carbons (Fsp3) is 0.727. The highest BCUT2D eigenvalue weighted by Crippen LogP contribution is 2.61. The van der Waals surface area contributed by atoms with Crippen LogP contribution in [0, 0.1) is 47.3 Å². The molecule has 0 saturated heterocycles. The standard InChI is InChI=1S/C20H28O6.C19H26O6.C16H24O6/c1-4-20(15-6-13-5-14(8-15)9-16(20)7-13)26-18(22)11-24-17(21)10-25-19(23)12(2)3;1-11(2)18(22)24-9-16(20)23-10-17(21)25-19(3)14-5-12-4-13(7-14)8-15(19)6-12;1-4-16(8-6-5-7-9-16)22-14(18)11-20-13(17)10-21-15(19)12(2)3/h13-16H,2,4-11H2,1,3H3;12-15H,1,4-10H2,2-3H3;2,4-11H2,1,3H3. The number of rotatable bonds is 20. The van der Waals surface area contributed by atoms with Crippen molar-refractivity contribution >= 4 is 53.7 Å². The van der Waals surface area contributed by atoms with Crippen LogP contribution in [-0.4, -0.2) is 110 Å². The Hall–Kier alpha value is -5.55. The number of ether oxygens (including phenoxy) is 9. The highest BCUT2D eigenvalue weighted by Gasteiger charge is 2.59. The number of hydrogen-bond donors (Lipinski definition) is 0. The van der Waals surface area contributed by atoms with E-state index < -0.39 is 110 Å². The van der Waals surface area contributed by atoms with Gasteiger partial charge in [0.15, 0.2) is 39.6 Å². The van der Waals surface area contributed by atoms with Gasteiger partial charge in [-0.15, -0.1) is 0 Å². The van der Waals surface area contributed by atoms with Crippen LogP contribution >= 0.6 is 0 Å². The van der Waals surface area contributed by atoms with E-state index in [1.807, 2.05) is 13.8 Å². The van der Waals surface area contributed by atoms with Crippen molar-refractivity contribution in [3.8, 4) is 0 Å². The maximum Gasteiger partial charge on any atom is 0.344 e. The Labute approximate surface area is 429 Å². The zero-order valence-electron chi connectivity index (χ0n) is 43.9. The van der Waals surface area contributed by atoms with Crippen LogP contribution in [0.4, 0.5) is 0 Å². The van der Waals surface area contributed by atoms with Gasteiger partial charge < -0.3 is 42.6 Å². The second-order valence-electron chi connectivity index (χ2n) is 21.7. The minimum Gasteiger partial charge on any atom is -0.457 e. The van der Waals surface area contributed by atoms with E-state index in [0.717, 1.165) is 120 Å². The van der Waals surface area contributed by atoms with Gasteiger partial charge in [-0.1, -0.05) is 40.0 Å². The zero-order chi connectivity index (χ0) is 53.7. The van der Waals surface area contributed by atoms with Crippen LogP contribution in [0.15, 0.2) is 36.5 Å². The van der Waals surface area contributed by atoms with Gasteiger partial charge in [0.2, 0.25) is 0 Å². The Balaban J connectivity index is 0.000000204. The average molecular weight is 1030 g/mol. The molecule has 0 aromatic rings. The van der Waals surface area contributed by atoms with Gasteiger partial charge in [0, 0.05) is 16.7 Å². The fourth-order valence-electron chi connectivity index (χ4n) is 12.9. The minimum atomic E-state index is -0.791. The highest BCUT2D eigenvalue weighted by molar-refractivity contribution is 5.90. The average Bonchev–Trinajstić information content (AvgIpc) is 3.35. The van der Waals surface area contributed by atoms with E-state index in [0.29, 0.717) is 23.7 Å². The largest absolute Gasteiger partial charge is 0.457 e. The van der Waals surface area contributed by atoms with Crippen molar-refractivity contribution in [1.29, 1.82) is 0 Å². The second-order valence-corrected chi connectivity index (χ2v) is 21.7. The summed E-state index contributed by atoms with van der Waals surface area (Å²) < 4.78 is 45.7. The molecule has 18 nitrogen and oxygen atoms in total. The maximum absolute atomic E-state index is 12.3. The molecule has 406 valence electrons. The lowest BCUT2D eigenvalue weighted by atomic mass is 9.49. The molecule has 0 aromatic heterocycles. The summed E-state index contributed by atoms with van der Waals surface area (Å²) in [6.45, 7) is 17.8. The highest BCUT2D eigenvalue weighted by atomic mass is 16.6. The summed E-state index contributed by atoms with van der Waals surface area (Å²) in [6, 6.07) is 0. The molecule has 18 heteroatoms. The van der Waals surface area contributed by atoms with Gasteiger partial charge in [-0.25, -0.2) is 43.2 Å². The van der Waals surface area contributed by atoms with Gasteiger partial charge in [0.25, 0.3) is 0 Å². The Morgan fingerprint density at radius 2 is 0.712 bits per heavy atom. The molecule has 0 aromatic carbocycles. The van der Waals surface area contributed by atoms with Crippen LogP contribution in [0.1, 0.15) is 151 Å². The van der Waals surface area contributed by atoms with Crippen LogP contribution in [-0.2, 0) is 85.8 Å². The third kappa shape index (κ3) is 16.0. The lowest BCUT2D eigenvalue weighted by molar-refractivity contribution is -0.214. The van der Waals surface area contributed by atoms with Crippen LogP contribution in [0.5, 0.6) is 0 Å².